The molecule has 5 nitrogen and oxygen atoms in total. The van der Waals surface area contributed by atoms with Gasteiger partial charge in [-0.2, -0.15) is 5.26 Å². The van der Waals surface area contributed by atoms with E-state index < -0.39 is 12.2 Å². The van der Waals surface area contributed by atoms with Crippen LogP contribution in [0.4, 0.5) is 0 Å². The van der Waals surface area contributed by atoms with Crippen LogP contribution in [0.3, 0.4) is 0 Å². The van der Waals surface area contributed by atoms with Crippen molar-refractivity contribution in [3.8, 4) is 6.07 Å². The molecule has 1 aromatic heterocycles. The Labute approximate surface area is 109 Å². The molecule has 3 N–H and O–H groups in total. The summed E-state index contributed by atoms with van der Waals surface area (Å²) < 4.78 is 0. The highest BCUT2D eigenvalue weighted by atomic mass is 16.3. The summed E-state index contributed by atoms with van der Waals surface area (Å²) in [5.41, 5.74) is 1.71. The maximum absolute atomic E-state index is 11.9. The Morgan fingerprint density at radius 3 is 2.79 bits per heavy atom. The first-order valence-corrected chi connectivity index (χ1v) is 5.89. The van der Waals surface area contributed by atoms with Crippen LogP contribution in [0.25, 0.3) is 10.9 Å². The largest absolute Gasteiger partial charge is 0.389 e. The third kappa shape index (κ3) is 2.65. The zero-order valence-electron chi connectivity index (χ0n) is 10.4. The van der Waals surface area contributed by atoms with Crippen molar-refractivity contribution in [3.05, 3.63) is 45.7 Å². The summed E-state index contributed by atoms with van der Waals surface area (Å²) >= 11 is 0. The van der Waals surface area contributed by atoms with Crippen molar-refractivity contribution in [2.45, 2.75) is 25.6 Å². The molecular formula is C14H14N2O3. The fraction of sp³-hybridized carbons (Fsp3) is 0.286. The second kappa shape index (κ2) is 5.22. The van der Waals surface area contributed by atoms with Crippen molar-refractivity contribution in [1.29, 1.82) is 5.26 Å². The normalized spacial score (nSPS) is 14.0. The minimum atomic E-state index is -1.18. The number of nitriles is 1. The standard InChI is InChI=1S/C14H14N2O3/c1-8-6-13(18)10-7-9(2-3-11(10)16-8)14(19)12(17)4-5-15/h2-3,6-7,12,14,17,19H,4H2,1H3,(H,16,18). The number of fused-ring (bicyclic) bond motifs is 1. The van der Waals surface area contributed by atoms with Crippen LogP contribution in [-0.4, -0.2) is 21.3 Å². The van der Waals surface area contributed by atoms with E-state index in [-0.39, 0.29) is 11.8 Å². The van der Waals surface area contributed by atoms with Crippen molar-refractivity contribution >= 4 is 10.9 Å². The van der Waals surface area contributed by atoms with Gasteiger partial charge in [-0.05, 0) is 24.6 Å². The molecule has 0 spiro atoms. The number of aliphatic hydroxyl groups excluding tert-OH is 2. The average molecular weight is 258 g/mol. The summed E-state index contributed by atoms with van der Waals surface area (Å²) in [5.74, 6) is 0. The van der Waals surface area contributed by atoms with E-state index in [0.717, 1.165) is 5.69 Å². The summed E-state index contributed by atoms with van der Waals surface area (Å²) in [6.45, 7) is 1.79. The maximum atomic E-state index is 11.9. The summed E-state index contributed by atoms with van der Waals surface area (Å²) in [4.78, 5) is 14.9. The van der Waals surface area contributed by atoms with Crippen molar-refractivity contribution in [2.24, 2.45) is 0 Å². The van der Waals surface area contributed by atoms with Gasteiger partial charge in [0.1, 0.15) is 6.10 Å². The summed E-state index contributed by atoms with van der Waals surface area (Å²) in [6.07, 6.45) is -2.50. The molecule has 19 heavy (non-hydrogen) atoms. The molecule has 0 saturated heterocycles. The fourth-order valence-corrected chi connectivity index (χ4v) is 2.01. The summed E-state index contributed by atoms with van der Waals surface area (Å²) in [6, 6.07) is 8.12. The lowest BCUT2D eigenvalue weighted by Crippen LogP contribution is -2.17. The SMILES string of the molecule is Cc1cc(=O)c2cc(C(O)C(O)CC#N)ccc2[nH]1. The highest BCUT2D eigenvalue weighted by Crippen LogP contribution is 2.21. The van der Waals surface area contributed by atoms with Gasteiger partial charge in [-0.15, -0.1) is 0 Å². The van der Waals surface area contributed by atoms with Crippen LogP contribution in [0.1, 0.15) is 23.8 Å². The van der Waals surface area contributed by atoms with E-state index in [0.29, 0.717) is 16.5 Å². The van der Waals surface area contributed by atoms with Crippen LogP contribution < -0.4 is 5.43 Å². The number of hydrogen-bond donors (Lipinski definition) is 3. The Bertz CT molecular complexity index is 700. The van der Waals surface area contributed by atoms with E-state index in [4.69, 9.17) is 5.26 Å². The van der Waals surface area contributed by atoms with Gasteiger partial charge in [-0.3, -0.25) is 4.79 Å². The zero-order chi connectivity index (χ0) is 14.0. The van der Waals surface area contributed by atoms with Crippen molar-refractivity contribution in [3.63, 3.8) is 0 Å². The molecule has 0 saturated carbocycles. The molecule has 2 aromatic rings. The van der Waals surface area contributed by atoms with Crippen molar-refractivity contribution in [2.75, 3.05) is 0 Å². The number of aromatic amines is 1. The number of nitrogens with one attached hydrogen (secondary N) is 1. The lowest BCUT2D eigenvalue weighted by Gasteiger charge is -2.16. The molecule has 0 amide bonds. The number of aromatic nitrogens is 1. The lowest BCUT2D eigenvalue weighted by atomic mass is 10.0. The quantitative estimate of drug-likeness (QED) is 0.769. The molecule has 0 aliphatic carbocycles. The van der Waals surface area contributed by atoms with E-state index in [1.54, 1.807) is 31.2 Å². The monoisotopic (exact) mass is 258 g/mol. The second-order valence-electron chi connectivity index (χ2n) is 4.50. The lowest BCUT2D eigenvalue weighted by molar-refractivity contribution is 0.0217. The first kappa shape index (κ1) is 13.3. The second-order valence-corrected chi connectivity index (χ2v) is 4.50. The Kier molecular flexibility index (Phi) is 3.65. The number of pyridine rings is 1. The number of benzene rings is 1. The van der Waals surface area contributed by atoms with Gasteiger partial charge in [0, 0.05) is 22.7 Å². The molecule has 0 aliphatic rings. The number of aryl methyl sites for hydroxylation is 1. The van der Waals surface area contributed by atoms with Gasteiger partial charge in [0.05, 0.1) is 18.6 Å². The van der Waals surface area contributed by atoms with Gasteiger partial charge >= 0.3 is 0 Å². The van der Waals surface area contributed by atoms with E-state index in [1.807, 2.05) is 0 Å². The van der Waals surface area contributed by atoms with Crippen LogP contribution in [0.2, 0.25) is 0 Å². The molecule has 1 heterocycles. The molecule has 5 heteroatoms. The number of H-pyrrole nitrogens is 1. The van der Waals surface area contributed by atoms with Gasteiger partial charge < -0.3 is 15.2 Å². The summed E-state index contributed by atoms with van der Waals surface area (Å²) in [5, 5.41) is 28.5. The minimum absolute atomic E-state index is 0.143. The van der Waals surface area contributed by atoms with Gasteiger partial charge in [0.15, 0.2) is 5.43 Å². The van der Waals surface area contributed by atoms with Gasteiger partial charge in [0.25, 0.3) is 0 Å². The first-order valence-electron chi connectivity index (χ1n) is 5.89. The van der Waals surface area contributed by atoms with E-state index in [2.05, 4.69) is 4.98 Å². The number of aliphatic hydroxyl groups is 2. The highest BCUT2D eigenvalue weighted by molar-refractivity contribution is 5.79. The van der Waals surface area contributed by atoms with Crippen LogP contribution >= 0.6 is 0 Å². The Hall–Kier alpha value is -2.16. The Morgan fingerprint density at radius 2 is 2.11 bits per heavy atom. The topological polar surface area (TPSA) is 97.1 Å². The van der Waals surface area contributed by atoms with Crippen molar-refractivity contribution in [1.82, 2.24) is 4.98 Å². The van der Waals surface area contributed by atoms with E-state index in [9.17, 15) is 15.0 Å². The van der Waals surface area contributed by atoms with Gasteiger partial charge in [-0.1, -0.05) is 6.07 Å². The Balaban J connectivity index is 2.48. The van der Waals surface area contributed by atoms with E-state index in [1.165, 1.54) is 6.07 Å². The molecule has 0 fully saturated rings. The number of nitrogens with zero attached hydrogens (tertiary/aromatic N) is 1. The molecule has 0 bridgehead atoms. The molecule has 0 aliphatic heterocycles. The van der Waals surface area contributed by atoms with Crippen LogP contribution in [0, 0.1) is 18.3 Å². The van der Waals surface area contributed by atoms with Crippen molar-refractivity contribution < 1.29 is 10.2 Å². The minimum Gasteiger partial charge on any atom is -0.389 e. The third-order valence-electron chi connectivity index (χ3n) is 2.99. The molecule has 2 atom stereocenters. The Morgan fingerprint density at radius 1 is 1.37 bits per heavy atom. The van der Waals surface area contributed by atoms with E-state index >= 15 is 0 Å². The average Bonchev–Trinajstić information content (AvgIpc) is 2.37. The molecular weight excluding hydrogens is 244 g/mol. The first-order chi connectivity index (χ1) is 9.02. The summed E-state index contributed by atoms with van der Waals surface area (Å²) in [7, 11) is 0. The molecule has 98 valence electrons. The van der Waals surface area contributed by atoms with Gasteiger partial charge in [0.2, 0.25) is 0 Å². The predicted molar refractivity (Wildman–Crippen MR) is 70.5 cm³/mol. The van der Waals surface area contributed by atoms with Crippen LogP contribution in [0.15, 0.2) is 29.1 Å². The third-order valence-corrected chi connectivity index (χ3v) is 2.99. The smallest absolute Gasteiger partial charge is 0.189 e. The molecule has 1 aromatic carbocycles. The highest BCUT2D eigenvalue weighted by Gasteiger charge is 2.18. The van der Waals surface area contributed by atoms with Crippen LogP contribution in [0.5, 0.6) is 0 Å². The van der Waals surface area contributed by atoms with Gasteiger partial charge in [-0.25, -0.2) is 0 Å². The fourth-order valence-electron chi connectivity index (χ4n) is 2.01. The predicted octanol–water partition coefficient (Wildman–Crippen LogP) is 1.14. The maximum Gasteiger partial charge on any atom is 0.189 e. The molecule has 0 radical (unpaired) electrons. The number of hydrogen-bond acceptors (Lipinski definition) is 4. The van der Waals surface area contributed by atoms with Crippen LogP contribution in [-0.2, 0) is 0 Å². The molecule has 2 rings (SSSR count). The number of rotatable bonds is 3. The molecule has 2 unspecified atom stereocenters. The zero-order valence-corrected chi connectivity index (χ0v) is 10.4.